The number of halogens is 2. The van der Waals surface area contributed by atoms with Crippen molar-refractivity contribution in [1.29, 1.82) is 0 Å². The third kappa shape index (κ3) is 4.84. The molecule has 1 fully saturated rings. The predicted octanol–water partition coefficient (Wildman–Crippen LogP) is 4.60. The van der Waals surface area contributed by atoms with Crippen LogP contribution in [0.2, 0.25) is 0 Å². The Balaban J connectivity index is 1.69. The van der Waals surface area contributed by atoms with Crippen LogP contribution in [0.4, 0.5) is 19.6 Å². The quantitative estimate of drug-likeness (QED) is 0.528. The highest BCUT2D eigenvalue weighted by Crippen LogP contribution is 2.36. The first kappa shape index (κ1) is 21.6. The summed E-state index contributed by atoms with van der Waals surface area (Å²) in [6, 6.07) is 6.24. The van der Waals surface area contributed by atoms with Gasteiger partial charge in [0.25, 0.3) is 12.3 Å². The summed E-state index contributed by atoms with van der Waals surface area (Å²) in [6.07, 6.45) is 0.667. The minimum atomic E-state index is -2.76. The van der Waals surface area contributed by atoms with Gasteiger partial charge < -0.3 is 10.1 Å². The molecule has 7 nitrogen and oxygen atoms in total. The number of pyridine rings is 1. The smallest absolute Gasteiger partial charge is 0.280 e. The summed E-state index contributed by atoms with van der Waals surface area (Å²) in [5, 5.41) is 14.5. The third-order valence-corrected chi connectivity index (χ3v) is 5.54. The zero-order valence-corrected chi connectivity index (χ0v) is 18.1. The second-order valence-corrected chi connectivity index (χ2v) is 8.01. The van der Waals surface area contributed by atoms with Crippen LogP contribution in [-0.2, 0) is 0 Å². The summed E-state index contributed by atoms with van der Waals surface area (Å²) in [4.78, 5) is 16.8. The van der Waals surface area contributed by atoms with Crippen molar-refractivity contribution in [3.8, 4) is 28.7 Å². The van der Waals surface area contributed by atoms with Gasteiger partial charge in [-0.15, -0.1) is 10.2 Å². The van der Waals surface area contributed by atoms with E-state index in [1.54, 1.807) is 25.2 Å². The van der Waals surface area contributed by atoms with E-state index in [1.807, 2.05) is 0 Å². The van der Waals surface area contributed by atoms with E-state index in [-0.39, 0.29) is 11.3 Å². The first-order valence-corrected chi connectivity index (χ1v) is 10.6. The fraction of sp³-hybridized carbons (Fsp3) is 0.273. The van der Waals surface area contributed by atoms with Crippen molar-refractivity contribution in [3.05, 3.63) is 46.7 Å². The van der Waals surface area contributed by atoms with E-state index in [9.17, 15) is 13.6 Å². The molecule has 4 rings (SSSR count). The monoisotopic (exact) mass is 455 g/mol. The standard InChI is InChI=1S/C22H19F2N5O2S/c1-25-13-6-7-14(15(9-13)16-10-17(20(23)24)26-11-18(16)31-2)21(30)27-22-29-28-19(32-22)8-5-12-3-4-12/h6-7,9-12,20,25H,3-4H2,1-2H3,(H,27,29,30). The Morgan fingerprint density at radius 2 is 2.06 bits per heavy atom. The predicted molar refractivity (Wildman–Crippen MR) is 118 cm³/mol. The van der Waals surface area contributed by atoms with E-state index in [0.29, 0.717) is 32.9 Å². The molecule has 0 atom stereocenters. The Morgan fingerprint density at radius 1 is 1.25 bits per heavy atom. The number of nitrogens with zero attached hydrogens (tertiary/aromatic N) is 3. The van der Waals surface area contributed by atoms with Gasteiger partial charge in [0.15, 0.2) is 5.01 Å². The molecule has 1 saturated carbocycles. The molecule has 10 heteroatoms. The molecule has 0 spiro atoms. The van der Waals surface area contributed by atoms with Crippen molar-refractivity contribution in [2.24, 2.45) is 5.92 Å². The third-order valence-electron chi connectivity index (χ3n) is 4.78. The molecule has 0 unspecified atom stereocenters. The average molecular weight is 455 g/mol. The highest BCUT2D eigenvalue weighted by atomic mass is 32.1. The first-order chi connectivity index (χ1) is 15.5. The number of nitrogens with one attached hydrogen (secondary N) is 2. The Kier molecular flexibility index (Phi) is 6.28. The summed E-state index contributed by atoms with van der Waals surface area (Å²) >= 11 is 1.17. The highest BCUT2D eigenvalue weighted by Gasteiger charge is 2.21. The minimum absolute atomic E-state index is 0.259. The minimum Gasteiger partial charge on any atom is -0.494 e. The number of ether oxygens (including phenoxy) is 1. The van der Waals surface area contributed by atoms with Gasteiger partial charge in [0, 0.05) is 35.3 Å². The lowest BCUT2D eigenvalue weighted by Gasteiger charge is -2.15. The van der Waals surface area contributed by atoms with Crippen molar-refractivity contribution >= 4 is 28.1 Å². The fourth-order valence-corrected chi connectivity index (χ4v) is 3.55. The molecule has 1 amide bonds. The van der Waals surface area contributed by atoms with Crippen molar-refractivity contribution in [2.75, 3.05) is 24.8 Å². The molecule has 3 aromatic rings. The molecule has 0 saturated heterocycles. The molecule has 0 radical (unpaired) electrons. The largest absolute Gasteiger partial charge is 0.494 e. The number of hydrogen-bond donors (Lipinski definition) is 2. The number of carbonyl (C=O) groups excluding carboxylic acids is 1. The van der Waals surface area contributed by atoms with Gasteiger partial charge in [-0.2, -0.15) is 0 Å². The summed E-state index contributed by atoms with van der Waals surface area (Å²) in [5.41, 5.74) is 1.28. The van der Waals surface area contributed by atoms with E-state index in [4.69, 9.17) is 4.74 Å². The summed E-state index contributed by atoms with van der Waals surface area (Å²) in [6.45, 7) is 0. The maximum absolute atomic E-state index is 13.3. The number of benzene rings is 1. The molecular formula is C22H19F2N5O2S. The van der Waals surface area contributed by atoms with E-state index >= 15 is 0 Å². The number of anilines is 2. The molecule has 1 aromatic carbocycles. The summed E-state index contributed by atoms with van der Waals surface area (Å²) in [5.74, 6) is 6.30. The Bertz CT molecular complexity index is 1210. The van der Waals surface area contributed by atoms with Gasteiger partial charge in [-0.1, -0.05) is 17.3 Å². The fourth-order valence-electron chi connectivity index (χ4n) is 2.95. The normalized spacial score (nSPS) is 12.8. The number of aromatic nitrogens is 3. The first-order valence-electron chi connectivity index (χ1n) is 9.79. The number of rotatable bonds is 6. The second-order valence-electron chi connectivity index (χ2n) is 7.03. The lowest BCUT2D eigenvalue weighted by atomic mass is 9.97. The van der Waals surface area contributed by atoms with E-state index in [1.165, 1.54) is 30.7 Å². The molecular weight excluding hydrogens is 436 g/mol. The molecule has 0 aliphatic heterocycles. The number of methoxy groups -OCH3 is 1. The van der Waals surface area contributed by atoms with E-state index in [0.717, 1.165) is 12.8 Å². The van der Waals surface area contributed by atoms with Gasteiger partial charge >= 0.3 is 0 Å². The molecule has 2 N–H and O–H groups in total. The molecule has 32 heavy (non-hydrogen) atoms. The summed E-state index contributed by atoms with van der Waals surface area (Å²) < 4.78 is 31.9. The highest BCUT2D eigenvalue weighted by molar-refractivity contribution is 7.15. The van der Waals surface area contributed by atoms with Crippen molar-refractivity contribution in [2.45, 2.75) is 19.3 Å². The van der Waals surface area contributed by atoms with Gasteiger partial charge in [0.1, 0.15) is 11.4 Å². The molecule has 2 heterocycles. The van der Waals surface area contributed by atoms with Crippen LogP contribution >= 0.6 is 11.3 Å². The lowest BCUT2D eigenvalue weighted by molar-refractivity contribution is 0.102. The maximum atomic E-state index is 13.3. The second kappa shape index (κ2) is 9.28. The van der Waals surface area contributed by atoms with Gasteiger partial charge in [-0.05, 0) is 43.0 Å². The van der Waals surface area contributed by atoms with Crippen LogP contribution < -0.4 is 15.4 Å². The Labute approximate surface area is 187 Å². The topological polar surface area (TPSA) is 89.0 Å². The number of amides is 1. The average Bonchev–Trinajstić information content (AvgIpc) is 3.54. The van der Waals surface area contributed by atoms with Crippen LogP contribution in [0, 0.1) is 17.8 Å². The van der Waals surface area contributed by atoms with Crippen LogP contribution in [0.5, 0.6) is 5.75 Å². The van der Waals surface area contributed by atoms with Crippen LogP contribution in [0.3, 0.4) is 0 Å². The molecule has 0 bridgehead atoms. The van der Waals surface area contributed by atoms with Gasteiger partial charge in [-0.25, -0.2) is 8.78 Å². The number of alkyl halides is 2. The van der Waals surface area contributed by atoms with Crippen LogP contribution in [0.1, 0.15) is 40.3 Å². The Hall–Kier alpha value is -3.58. The van der Waals surface area contributed by atoms with Crippen LogP contribution in [-0.4, -0.2) is 35.2 Å². The zero-order chi connectivity index (χ0) is 22.7. The lowest BCUT2D eigenvalue weighted by Crippen LogP contribution is -2.13. The van der Waals surface area contributed by atoms with E-state index in [2.05, 4.69) is 37.7 Å². The molecule has 2 aromatic heterocycles. The van der Waals surface area contributed by atoms with Crippen LogP contribution in [0.15, 0.2) is 30.5 Å². The van der Waals surface area contributed by atoms with Crippen molar-refractivity contribution in [3.63, 3.8) is 0 Å². The van der Waals surface area contributed by atoms with Crippen molar-refractivity contribution < 1.29 is 18.3 Å². The summed E-state index contributed by atoms with van der Waals surface area (Å²) in [7, 11) is 3.13. The Morgan fingerprint density at radius 3 is 2.75 bits per heavy atom. The zero-order valence-electron chi connectivity index (χ0n) is 17.3. The van der Waals surface area contributed by atoms with Gasteiger partial charge in [-0.3, -0.25) is 15.1 Å². The van der Waals surface area contributed by atoms with E-state index < -0.39 is 18.0 Å². The van der Waals surface area contributed by atoms with Gasteiger partial charge in [0.2, 0.25) is 5.13 Å². The SMILES string of the molecule is CNc1ccc(C(=O)Nc2nnc(C#CC3CC3)s2)c(-c2cc(C(F)F)ncc2OC)c1. The molecule has 1 aliphatic carbocycles. The number of carbonyl (C=O) groups is 1. The molecule has 164 valence electrons. The maximum Gasteiger partial charge on any atom is 0.280 e. The van der Waals surface area contributed by atoms with Crippen LogP contribution in [0.25, 0.3) is 11.1 Å². The van der Waals surface area contributed by atoms with Gasteiger partial charge in [0.05, 0.1) is 13.3 Å². The van der Waals surface area contributed by atoms with Crippen molar-refractivity contribution in [1.82, 2.24) is 15.2 Å². The molecule has 1 aliphatic rings. The number of hydrogen-bond acceptors (Lipinski definition) is 7.